The first-order chi connectivity index (χ1) is 7.21. The number of thioether (sulfide) groups is 2. The number of nitrogens with two attached hydrogens (primary N) is 1. The van der Waals surface area contributed by atoms with Crippen molar-refractivity contribution in [2.24, 2.45) is 5.73 Å². The molecule has 2 N–H and O–H groups in total. The molecule has 1 aliphatic carbocycles. The van der Waals surface area contributed by atoms with E-state index in [0.717, 1.165) is 12.8 Å². The van der Waals surface area contributed by atoms with E-state index in [-0.39, 0.29) is 5.54 Å². The smallest absolute Gasteiger partial charge is 0.0421 e. The predicted octanol–water partition coefficient (Wildman–Crippen LogP) is 3.47. The molecule has 0 heterocycles. The highest BCUT2D eigenvalue weighted by Crippen LogP contribution is 2.44. The normalized spacial score (nSPS) is 18.6. The number of benzene rings is 1. The fraction of sp³-hybridized carbons (Fsp3) is 0.500. The molecular formula is C12H17NS2. The Morgan fingerprint density at radius 3 is 2.40 bits per heavy atom. The molecule has 0 bridgehead atoms. The first-order valence-electron chi connectivity index (χ1n) is 5.21. The van der Waals surface area contributed by atoms with E-state index >= 15 is 0 Å². The third-order valence-corrected chi connectivity index (χ3v) is 4.94. The third kappa shape index (κ3) is 1.93. The van der Waals surface area contributed by atoms with Gasteiger partial charge in [-0.1, -0.05) is 12.1 Å². The van der Waals surface area contributed by atoms with Gasteiger partial charge in [-0.15, -0.1) is 23.5 Å². The molecule has 0 spiro atoms. The van der Waals surface area contributed by atoms with E-state index in [1.165, 1.54) is 21.8 Å². The van der Waals surface area contributed by atoms with Gasteiger partial charge in [-0.25, -0.2) is 0 Å². The summed E-state index contributed by atoms with van der Waals surface area (Å²) in [7, 11) is 0. The molecular weight excluding hydrogens is 222 g/mol. The van der Waals surface area contributed by atoms with Crippen LogP contribution in [-0.4, -0.2) is 12.5 Å². The van der Waals surface area contributed by atoms with Crippen molar-refractivity contribution in [1.82, 2.24) is 0 Å². The topological polar surface area (TPSA) is 26.0 Å². The second-order valence-corrected chi connectivity index (χ2v) is 5.72. The molecule has 0 unspecified atom stereocenters. The summed E-state index contributed by atoms with van der Waals surface area (Å²) in [6.07, 6.45) is 7.81. The van der Waals surface area contributed by atoms with E-state index in [0.29, 0.717) is 0 Å². The lowest BCUT2D eigenvalue weighted by Gasteiger charge is -2.40. The molecule has 0 saturated heterocycles. The van der Waals surface area contributed by atoms with E-state index < -0.39 is 0 Å². The fourth-order valence-corrected chi connectivity index (χ4v) is 3.88. The minimum absolute atomic E-state index is 0.0376. The van der Waals surface area contributed by atoms with Gasteiger partial charge in [0.2, 0.25) is 0 Å². The standard InChI is InChI=1S/C12H17NS2/c1-14-10-6-3-5-9(11(10)15-2)12(13)7-4-8-12/h3,5-6H,4,7-8,13H2,1-2H3. The quantitative estimate of drug-likeness (QED) is 0.818. The van der Waals surface area contributed by atoms with Crippen molar-refractivity contribution < 1.29 is 0 Å². The number of hydrogen-bond acceptors (Lipinski definition) is 3. The van der Waals surface area contributed by atoms with Crippen molar-refractivity contribution in [3.05, 3.63) is 23.8 Å². The lowest BCUT2D eigenvalue weighted by molar-refractivity contribution is 0.248. The maximum Gasteiger partial charge on any atom is 0.0421 e. The Morgan fingerprint density at radius 2 is 1.93 bits per heavy atom. The Bertz CT molecular complexity index is 359. The fourth-order valence-electron chi connectivity index (χ4n) is 2.11. The van der Waals surface area contributed by atoms with Crippen LogP contribution in [0, 0.1) is 0 Å². The minimum atomic E-state index is -0.0376. The van der Waals surface area contributed by atoms with E-state index in [2.05, 4.69) is 30.7 Å². The molecule has 0 atom stereocenters. The molecule has 0 aromatic heterocycles. The number of rotatable bonds is 3. The van der Waals surface area contributed by atoms with Crippen molar-refractivity contribution in [1.29, 1.82) is 0 Å². The zero-order valence-corrected chi connectivity index (χ0v) is 10.9. The molecule has 1 aromatic carbocycles. The maximum atomic E-state index is 6.40. The van der Waals surface area contributed by atoms with E-state index in [1.807, 2.05) is 23.5 Å². The van der Waals surface area contributed by atoms with Gasteiger partial charge in [0, 0.05) is 15.3 Å². The molecule has 0 aliphatic heterocycles. The van der Waals surface area contributed by atoms with Gasteiger partial charge in [0.05, 0.1) is 0 Å². The Morgan fingerprint density at radius 1 is 1.20 bits per heavy atom. The highest BCUT2D eigenvalue weighted by molar-refractivity contribution is 8.01. The van der Waals surface area contributed by atoms with Gasteiger partial charge in [0.25, 0.3) is 0 Å². The van der Waals surface area contributed by atoms with Crippen LogP contribution >= 0.6 is 23.5 Å². The van der Waals surface area contributed by atoms with Crippen LogP contribution in [0.2, 0.25) is 0 Å². The molecule has 15 heavy (non-hydrogen) atoms. The van der Waals surface area contributed by atoms with Gasteiger partial charge < -0.3 is 5.73 Å². The van der Waals surface area contributed by atoms with Crippen LogP contribution in [0.25, 0.3) is 0 Å². The Labute approximate surface area is 100 Å². The zero-order chi connectivity index (χ0) is 10.9. The largest absolute Gasteiger partial charge is 0.321 e. The lowest BCUT2D eigenvalue weighted by atomic mass is 9.73. The van der Waals surface area contributed by atoms with E-state index in [9.17, 15) is 0 Å². The van der Waals surface area contributed by atoms with Crippen LogP contribution in [-0.2, 0) is 5.54 Å². The van der Waals surface area contributed by atoms with Crippen LogP contribution in [0.3, 0.4) is 0 Å². The third-order valence-electron chi connectivity index (χ3n) is 3.19. The molecule has 1 nitrogen and oxygen atoms in total. The zero-order valence-electron chi connectivity index (χ0n) is 9.25. The van der Waals surface area contributed by atoms with E-state index in [1.54, 1.807) is 0 Å². The van der Waals surface area contributed by atoms with Crippen LogP contribution < -0.4 is 5.73 Å². The summed E-state index contributed by atoms with van der Waals surface area (Å²) in [5, 5.41) is 0. The molecule has 1 fully saturated rings. The molecule has 3 heteroatoms. The summed E-state index contributed by atoms with van der Waals surface area (Å²) in [6, 6.07) is 6.51. The van der Waals surface area contributed by atoms with Crippen molar-refractivity contribution in [3.63, 3.8) is 0 Å². The maximum absolute atomic E-state index is 6.40. The van der Waals surface area contributed by atoms with Crippen molar-refractivity contribution in [2.75, 3.05) is 12.5 Å². The highest BCUT2D eigenvalue weighted by Gasteiger charge is 2.36. The molecule has 0 radical (unpaired) electrons. The lowest BCUT2D eigenvalue weighted by Crippen LogP contribution is -2.43. The first-order valence-corrected chi connectivity index (χ1v) is 7.66. The van der Waals surface area contributed by atoms with Gasteiger partial charge in [-0.3, -0.25) is 0 Å². The van der Waals surface area contributed by atoms with Crippen molar-refractivity contribution in [2.45, 2.75) is 34.6 Å². The second kappa shape index (κ2) is 4.40. The molecule has 2 rings (SSSR count). The van der Waals surface area contributed by atoms with Crippen LogP contribution in [0.15, 0.2) is 28.0 Å². The van der Waals surface area contributed by atoms with Gasteiger partial charge in [0.1, 0.15) is 0 Å². The summed E-state index contributed by atoms with van der Waals surface area (Å²) in [4.78, 5) is 2.74. The first kappa shape index (κ1) is 11.4. The molecule has 1 aromatic rings. The monoisotopic (exact) mass is 239 g/mol. The van der Waals surface area contributed by atoms with Gasteiger partial charge in [-0.05, 0) is 43.4 Å². The summed E-state index contributed by atoms with van der Waals surface area (Å²) >= 11 is 3.63. The number of hydrogen-bond donors (Lipinski definition) is 1. The molecule has 0 amide bonds. The van der Waals surface area contributed by atoms with E-state index in [4.69, 9.17) is 5.73 Å². The summed E-state index contributed by atoms with van der Waals surface area (Å²) in [6.45, 7) is 0. The Hall–Kier alpha value is -0.120. The van der Waals surface area contributed by atoms with Crippen molar-refractivity contribution in [3.8, 4) is 0 Å². The minimum Gasteiger partial charge on any atom is -0.321 e. The summed E-state index contributed by atoms with van der Waals surface area (Å²) < 4.78 is 0. The Balaban J connectivity index is 2.46. The average molecular weight is 239 g/mol. The second-order valence-electron chi connectivity index (χ2n) is 4.05. The Kier molecular flexibility index (Phi) is 3.33. The van der Waals surface area contributed by atoms with Gasteiger partial charge in [-0.2, -0.15) is 0 Å². The SMILES string of the molecule is CSc1cccc(C2(N)CCC2)c1SC. The van der Waals surface area contributed by atoms with Crippen LogP contribution in [0.1, 0.15) is 24.8 Å². The predicted molar refractivity (Wildman–Crippen MR) is 69.7 cm³/mol. The summed E-state index contributed by atoms with van der Waals surface area (Å²) in [5.41, 5.74) is 7.72. The average Bonchev–Trinajstić information content (AvgIpc) is 2.24. The van der Waals surface area contributed by atoms with Crippen LogP contribution in [0.5, 0.6) is 0 Å². The summed E-state index contributed by atoms with van der Waals surface area (Å²) in [5.74, 6) is 0. The molecule has 1 aliphatic rings. The molecule has 82 valence electrons. The molecule has 1 saturated carbocycles. The van der Waals surface area contributed by atoms with Crippen molar-refractivity contribution >= 4 is 23.5 Å². The van der Waals surface area contributed by atoms with Crippen LogP contribution in [0.4, 0.5) is 0 Å². The highest BCUT2D eigenvalue weighted by atomic mass is 32.2. The van der Waals surface area contributed by atoms with Gasteiger partial charge >= 0.3 is 0 Å². The van der Waals surface area contributed by atoms with Gasteiger partial charge in [0.15, 0.2) is 0 Å².